The first-order valence-corrected chi connectivity index (χ1v) is 19.4. The molecule has 1 aliphatic carbocycles. The third kappa shape index (κ3) is 4.79. The van der Waals surface area contributed by atoms with Gasteiger partial charge in [0.2, 0.25) is 0 Å². The zero-order chi connectivity index (χ0) is 36.0. The molecule has 0 bridgehead atoms. The van der Waals surface area contributed by atoms with Crippen LogP contribution in [0.4, 0.5) is 0 Å². The molecule has 2 nitrogen and oxygen atoms in total. The maximum Gasteiger partial charge on any atom is 0.161 e. The molecule has 0 aliphatic heterocycles. The van der Waals surface area contributed by atoms with Crippen molar-refractivity contribution in [1.82, 2.24) is 9.97 Å². The lowest BCUT2D eigenvalue weighted by atomic mass is 9.81. The summed E-state index contributed by atoms with van der Waals surface area (Å²) in [6.07, 6.45) is 0. The SMILES string of the molecule is CC1(C)c2cc(-c3ccc(-c4nc(-c5ccccc5)cc(-c5ccc6sc7ccccc7c6c5)n4)c4ccccc34)ccc2-c2cc3ccccc3cc21. The summed E-state index contributed by atoms with van der Waals surface area (Å²) in [4.78, 5) is 10.6. The number of aromatic nitrogens is 2. The van der Waals surface area contributed by atoms with Gasteiger partial charge in [0.25, 0.3) is 0 Å². The molecule has 2 heterocycles. The van der Waals surface area contributed by atoms with Crippen LogP contribution in [0.5, 0.6) is 0 Å². The zero-order valence-corrected chi connectivity index (χ0v) is 30.8. The average molecular weight is 707 g/mol. The molecule has 0 amide bonds. The van der Waals surface area contributed by atoms with Crippen molar-refractivity contribution in [3.8, 4) is 56.2 Å². The first kappa shape index (κ1) is 31.1. The van der Waals surface area contributed by atoms with Gasteiger partial charge in [0.05, 0.1) is 11.4 Å². The van der Waals surface area contributed by atoms with E-state index in [4.69, 9.17) is 9.97 Å². The molecule has 0 spiro atoms. The fourth-order valence-electron chi connectivity index (χ4n) is 8.69. The minimum atomic E-state index is -0.110. The van der Waals surface area contributed by atoms with Crippen molar-refractivity contribution in [1.29, 1.82) is 0 Å². The third-order valence-electron chi connectivity index (χ3n) is 11.5. The molecular weight excluding hydrogens is 673 g/mol. The summed E-state index contributed by atoms with van der Waals surface area (Å²) in [7, 11) is 0. The summed E-state index contributed by atoms with van der Waals surface area (Å²) < 4.78 is 2.58. The predicted octanol–water partition coefficient (Wildman–Crippen LogP) is 14.1. The molecule has 11 rings (SSSR count). The van der Waals surface area contributed by atoms with E-state index in [0.717, 1.165) is 39.3 Å². The topological polar surface area (TPSA) is 25.8 Å². The maximum absolute atomic E-state index is 5.33. The minimum Gasteiger partial charge on any atom is -0.228 e. The van der Waals surface area contributed by atoms with Gasteiger partial charge in [-0.2, -0.15) is 0 Å². The van der Waals surface area contributed by atoms with Crippen molar-refractivity contribution in [2.24, 2.45) is 0 Å². The fourth-order valence-corrected chi connectivity index (χ4v) is 9.78. The molecule has 3 heteroatoms. The van der Waals surface area contributed by atoms with Gasteiger partial charge in [0, 0.05) is 42.3 Å². The Morgan fingerprint density at radius 2 is 0.981 bits per heavy atom. The quantitative estimate of drug-likeness (QED) is 0.182. The molecule has 254 valence electrons. The smallest absolute Gasteiger partial charge is 0.161 e. The molecule has 0 atom stereocenters. The zero-order valence-electron chi connectivity index (χ0n) is 30.0. The Hall–Kier alpha value is -6.42. The van der Waals surface area contributed by atoms with Gasteiger partial charge in [-0.05, 0) is 103 Å². The first-order valence-electron chi connectivity index (χ1n) is 18.6. The number of nitrogens with zero attached hydrogens (tertiary/aromatic N) is 2. The van der Waals surface area contributed by atoms with E-state index in [1.165, 1.54) is 69.7 Å². The minimum absolute atomic E-state index is 0.110. The number of thiophene rings is 1. The maximum atomic E-state index is 5.33. The second-order valence-corrected chi connectivity index (χ2v) is 16.1. The van der Waals surface area contributed by atoms with E-state index in [2.05, 4.69) is 184 Å². The lowest BCUT2D eigenvalue weighted by Crippen LogP contribution is -2.15. The van der Waals surface area contributed by atoms with Gasteiger partial charge in [-0.3, -0.25) is 0 Å². The van der Waals surface area contributed by atoms with Crippen LogP contribution in [0.25, 0.3) is 97.9 Å². The normalized spacial score (nSPS) is 13.1. The summed E-state index contributed by atoms with van der Waals surface area (Å²) in [5, 5.41) is 7.45. The second-order valence-electron chi connectivity index (χ2n) is 15.0. The van der Waals surface area contributed by atoms with E-state index in [1.54, 1.807) is 0 Å². The molecular formula is C51H34N2S. The molecule has 0 unspecified atom stereocenters. The summed E-state index contributed by atoms with van der Waals surface area (Å²) >= 11 is 1.84. The monoisotopic (exact) mass is 706 g/mol. The molecule has 0 N–H and O–H groups in total. The van der Waals surface area contributed by atoms with Gasteiger partial charge < -0.3 is 0 Å². The molecule has 10 aromatic rings. The molecule has 1 aliphatic rings. The Morgan fingerprint density at radius 3 is 1.80 bits per heavy atom. The van der Waals surface area contributed by atoms with Crippen LogP contribution in [0.15, 0.2) is 170 Å². The predicted molar refractivity (Wildman–Crippen MR) is 229 cm³/mol. The average Bonchev–Trinajstić information content (AvgIpc) is 3.70. The summed E-state index contributed by atoms with van der Waals surface area (Å²) in [6, 6.07) is 61.7. The van der Waals surface area contributed by atoms with Gasteiger partial charge in [-0.15, -0.1) is 11.3 Å². The number of hydrogen-bond donors (Lipinski definition) is 0. The van der Waals surface area contributed by atoms with E-state index in [-0.39, 0.29) is 5.41 Å². The first-order chi connectivity index (χ1) is 26.5. The summed E-state index contributed by atoms with van der Waals surface area (Å²) in [6.45, 7) is 4.73. The number of rotatable bonds is 4. The second kappa shape index (κ2) is 11.8. The van der Waals surface area contributed by atoms with Crippen LogP contribution in [0.3, 0.4) is 0 Å². The van der Waals surface area contributed by atoms with Gasteiger partial charge in [0.15, 0.2) is 5.82 Å². The highest BCUT2D eigenvalue weighted by Gasteiger charge is 2.36. The molecule has 0 saturated heterocycles. The summed E-state index contributed by atoms with van der Waals surface area (Å²) in [5.41, 5.74) is 12.8. The van der Waals surface area contributed by atoms with Crippen LogP contribution in [0.2, 0.25) is 0 Å². The van der Waals surface area contributed by atoms with Crippen molar-refractivity contribution < 1.29 is 0 Å². The molecule has 2 aromatic heterocycles. The summed E-state index contributed by atoms with van der Waals surface area (Å²) in [5.74, 6) is 0.724. The molecule has 0 saturated carbocycles. The van der Waals surface area contributed by atoms with Crippen LogP contribution < -0.4 is 0 Å². The van der Waals surface area contributed by atoms with E-state index >= 15 is 0 Å². The Kier molecular flexibility index (Phi) is 6.80. The molecule has 0 fully saturated rings. The van der Waals surface area contributed by atoms with Crippen molar-refractivity contribution in [3.05, 3.63) is 181 Å². The van der Waals surface area contributed by atoms with E-state index in [9.17, 15) is 0 Å². The van der Waals surface area contributed by atoms with Gasteiger partial charge in [-0.1, -0.05) is 135 Å². The lowest BCUT2D eigenvalue weighted by Gasteiger charge is -2.22. The van der Waals surface area contributed by atoms with E-state index < -0.39 is 0 Å². The highest BCUT2D eigenvalue weighted by atomic mass is 32.1. The Balaban J connectivity index is 1.07. The highest BCUT2D eigenvalue weighted by Crippen LogP contribution is 2.51. The highest BCUT2D eigenvalue weighted by molar-refractivity contribution is 7.25. The molecule has 0 radical (unpaired) electrons. The van der Waals surface area contributed by atoms with Gasteiger partial charge in [0.1, 0.15) is 0 Å². The molecule has 54 heavy (non-hydrogen) atoms. The van der Waals surface area contributed by atoms with Crippen LogP contribution in [0.1, 0.15) is 25.0 Å². The number of benzene rings is 8. The fraction of sp³-hybridized carbons (Fsp3) is 0.0588. The molecule has 8 aromatic carbocycles. The number of fused-ring (bicyclic) bond motifs is 8. The third-order valence-corrected chi connectivity index (χ3v) is 12.6. The van der Waals surface area contributed by atoms with Crippen LogP contribution in [0, 0.1) is 0 Å². The van der Waals surface area contributed by atoms with Gasteiger partial charge in [-0.25, -0.2) is 9.97 Å². The van der Waals surface area contributed by atoms with Crippen molar-refractivity contribution in [3.63, 3.8) is 0 Å². The standard InChI is InChI=1S/C51H34N2S/c1-51(2)44-29-34(20-22-39(44)42-26-32-14-6-7-15-33(32)28-45(42)51)36-23-24-41(38-17-9-8-16-37(36)38)50-52-46(31-12-4-3-5-13-31)30-47(53-50)35-21-25-49-43(27-35)40-18-10-11-19-48(40)54-49/h3-30H,1-2H3. The largest absolute Gasteiger partial charge is 0.228 e. The van der Waals surface area contributed by atoms with Gasteiger partial charge >= 0.3 is 0 Å². The van der Waals surface area contributed by atoms with Crippen molar-refractivity contribution in [2.45, 2.75) is 19.3 Å². The van der Waals surface area contributed by atoms with Crippen LogP contribution in [-0.4, -0.2) is 9.97 Å². The number of hydrogen-bond acceptors (Lipinski definition) is 3. The van der Waals surface area contributed by atoms with E-state index in [0.29, 0.717) is 0 Å². The Morgan fingerprint density at radius 1 is 0.389 bits per heavy atom. The van der Waals surface area contributed by atoms with Crippen molar-refractivity contribution >= 4 is 53.1 Å². The van der Waals surface area contributed by atoms with Crippen LogP contribution in [-0.2, 0) is 5.41 Å². The van der Waals surface area contributed by atoms with Crippen LogP contribution >= 0.6 is 11.3 Å². The van der Waals surface area contributed by atoms with Crippen molar-refractivity contribution in [2.75, 3.05) is 0 Å². The van der Waals surface area contributed by atoms with E-state index in [1.807, 2.05) is 11.3 Å². The Bertz CT molecular complexity index is 3130. The lowest BCUT2D eigenvalue weighted by molar-refractivity contribution is 0.661. The Labute approximate surface area is 318 Å².